The first-order valence-electron chi connectivity index (χ1n) is 7.77. The Balaban J connectivity index is 1.71. The molecule has 0 spiro atoms. The Morgan fingerprint density at radius 3 is 3.08 bits per heavy atom. The van der Waals surface area contributed by atoms with Crippen LogP contribution in [0.5, 0.6) is 5.75 Å². The van der Waals surface area contributed by atoms with Gasteiger partial charge in [0.05, 0.1) is 19.8 Å². The molecule has 0 saturated carbocycles. The number of halogens is 1. The topological polar surface area (TPSA) is 67.7 Å². The van der Waals surface area contributed by atoms with Crippen LogP contribution in [-0.2, 0) is 4.74 Å². The second kappa shape index (κ2) is 7.11. The number of ether oxygens (including phenoxy) is 2. The molecule has 1 fully saturated rings. The Morgan fingerprint density at radius 1 is 1.42 bits per heavy atom. The second-order valence-electron chi connectivity index (χ2n) is 5.91. The number of aryl methyl sites for hydroxylation is 1. The van der Waals surface area contributed by atoms with E-state index in [-0.39, 0.29) is 19.0 Å². The summed E-state index contributed by atoms with van der Waals surface area (Å²) in [6.45, 7) is 3.35. The molecule has 0 amide bonds. The fourth-order valence-corrected chi connectivity index (χ4v) is 2.59. The van der Waals surface area contributed by atoms with Crippen molar-refractivity contribution in [1.29, 1.82) is 0 Å². The van der Waals surface area contributed by atoms with Gasteiger partial charge in [-0.15, -0.1) is 0 Å². The summed E-state index contributed by atoms with van der Waals surface area (Å²) in [7, 11) is 0. The average Bonchev–Trinajstić information content (AvgIpc) is 2.76. The van der Waals surface area contributed by atoms with Gasteiger partial charge in [0.1, 0.15) is 35.4 Å². The van der Waals surface area contributed by atoms with Gasteiger partial charge >= 0.3 is 0 Å². The quantitative estimate of drug-likeness (QED) is 0.916. The standard InChI is InChI=1S/C17H20FN3O3/c1-13-19-6-5-16(20-13)21-7-8-23-11-17(22,10-21)12-24-15-4-2-3-14(18)9-15/h2-6,9,22H,7-8,10-12H2,1H3/t17-/m1/s1. The molecule has 0 bridgehead atoms. The Hall–Kier alpha value is -2.25. The van der Waals surface area contributed by atoms with Crippen molar-refractivity contribution in [3.63, 3.8) is 0 Å². The number of β-amino-alcohol motifs (C(OH)–C–C–N with tert-alkyl or cyclic N) is 1. The van der Waals surface area contributed by atoms with Crippen LogP contribution in [-0.4, -0.2) is 53.6 Å². The van der Waals surface area contributed by atoms with Gasteiger partial charge in [-0.3, -0.25) is 0 Å². The number of hydrogen-bond acceptors (Lipinski definition) is 6. The molecular formula is C17H20FN3O3. The van der Waals surface area contributed by atoms with Gasteiger partial charge in [0, 0.05) is 18.8 Å². The van der Waals surface area contributed by atoms with Gasteiger partial charge in [-0.25, -0.2) is 14.4 Å². The van der Waals surface area contributed by atoms with E-state index in [4.69, 9.17) is 9.47 Å². The smallest absolute Gasteiger partial charge is 0.139 e. The first kappa shape index (κ1) is 16.6. The number of rotatable bonds is 4. The third-order valence-corrected chi connectivity index (χ3v) is 3.75. The fourth-order valence-electron chi connectivity index (χ4n) is 2.59. The fraction of sp³-hybridized carbons (Fsp3) is 0.412. The maximum atomic E-state index is 13.2. The normalized spacial score (nSPS) is 21.4. The number of nitrogens with zero attached hydrogens (tertiary/aromatic N) is 3. The molecule has 6 nitrogen and oxygen atoms in total. The molecule has 128 valence electrons. The zero-order chi connectivity index (χ0) is 17.0. The van der Waals surface area contributed by atoms with Crippen LogP contribution in [0.25, 0.3) is 0 Å². The van der Waals surface area contributed by atoms with Crippen LogP contribution in [0.3, 0.4) is 0 Å². The van der Waals surface area contributed by atoms with Gasteiger partial charge in [0.2, 0.25) is 0 Å². The Bertz CT molecular complexity index is 700. The minimum atomic E-state index is -1.22. The van der Waals surface area contributed by atoms with Gasteiger partial charge in [-0.05, 0) is 25.1 Å². The number of benzene rings is 1. The summed E-state index contributed by atoms with van der Waals surface area (Å²) in [5.74, 6) is 1.39. The molecule has 24 heavy (non-hydrogen) atoms. The minimum absolute atomic E-state index is 0.00296. The highest BCUT2D eigenvalue weighted by molar-refractivity contribution is 5.38. The lowest BCUT2D eigenvalue weighted by molar-refractivity contribution is -0.0537. The molecule has 1 aromatic heterocycles. The number of anilines is 1. The number of hydrogen-bond donors (Lipinski definition) is 1. The first-order valence-corrected chi connectivity index (χ1v) is 7.77. The van der Waals surface area contributed by atoms with Gasteiger partial charge in [0.25, 0.3) is 0 Å². The molecule has 1 aliphatic heterocycles. The molecule has 2 aromatic rings. The highest BCUT2D eigenvalue weighted by Crippen LogP contribution is 2.20. The van der Waals surface area contributed by atoms with Crippen LogP contribution in [0.2, 0.25) is 0 Å². The maximum absolute atomic E-state index is 13.2. The summed E-state index contributed by atoms with van der Waals surface area (Å²) < 4.78 is 24.3. The average molecular weight is 333 g/mol. The van der Waals surface area contributed by atoms with Crippen molar-refractivity contribution < 1.29 is 19.0 Å². The highest BCUT2D eigenvalue weighted by atomic mass is 19.1. The van der Waals surface area contributed by atoms with Gasteiger partial charge in [0.15, 0.2) is 0 Å². The first-order chi connectivity index (χ1) is 11.5. The zero-order valence-corrected chi connectivity index (χ0v) is 13.5. The van der Waals surface area contributed by atoms with E-state index in [9.17, 15) is 9.50 Å². The number of aliphatic hydroxyl groups is 1. The largest absolute Gasteiger partial charge is 0.490 e. The van der Waals surface area contributed by atoms with Crippen molar-refractivity contribution in [2.45, 2.75) is 12.5 Å². The van der Waals surface area contributed by atoms with E-state index in [1.807, 2.05) is 11.8 Å². The third-order valence-electron chi connectivity index (χ3n) is 3.75. The van der Waals surface area contributed by atoms with Crippen LogP contribution in [0.4, 0.5) is 10.2 Å². The second-order valence-corrected chi connectivity index (χ2v) is 5.91. The Morgan fingerprint density at radius 2 is 2.29 bits per heavy atom. The molecule has 1 N–H and O–H groups in total. The van der Waals surface area contributed by atoms with E-state index in [2.05, 4.69) is 9.97 Å². The summed E-state index contributed by atoms with van der Waals surface area (Å²) >= 11 is 0. The molecule has 1 saturated heterocycles. The maximum Gasteiger partial charge on any atom is 0.139 e. The van der Waals surface area contributed by atoms with Gasteiger partial charge < -0.3 is 19.5 Å². The lowest BCUT2D eigenvalue weighted by Gasteiger charge is -2.31. The molecule has 0 aliphatic carbocycles. The molecule has 1 aromatic carbocycles. The summed E-state index contributed by atoms with van der Waals surface area (Å²) in [5, 5.41) is 10.9. The molecule has 0 unspecified atom stereocenters. The van der Waals surface area contributed by atoms with E-state index in [0.717, 1.165) is 5.82 Å². The van der Waals surface area contributed by atoms with Gasteiger partial charge in [-0.2, -0.15) is 0 Å². The van der Waals surface area contributed by atoms with E-state index in [1.54, 1.807) is 24.4 Å². The SMILES string of the molecule is Cc1nccc(N2CCOC[C@@](O)(COc3cccc(F)c3)C2)n1. The summed E-state index contributed by atoms with van der Waals surface area (Å²) in [6, 6.07) is 7.64. The summed E-state index contributed by atoms with van der Waals surface area (Å²) in [4.78, 5) is 10.4. The van der Waals surface area contributed by atoms with Crippen LogP contribution >= 0.6 is 0 Å². The van der Waals surface area contributed by atoms with Crippen LogP contribution in [0.1, 0.15) is 5.82 Å². The third kappa shape index (κ3) is 4.18. The molecule has 2 heterocycles. The summed E-state index contributed by atoms with van der Waals surface area (Å²) in [5.41, 5.74) is -1.22. The van der Waals surface area contributed by atoms with Crippen LogP contribution in [0, 0.1) is 12.7 Å². The van der Waals surface area contributed by atoms with Gasteiger partial charge in [-0.1, -0.05) is 6.07 Å². The lowest BCUT2D eigenvalue weighted by Crippen LogP contribution is -2.49. The lowest BCUT2D eigenvalue weighted by atomic mass is 10.1. The highest BCUT2D eigenvalue weighted by Gasteiger charge is 2.34. The zero-order valence-electron chi connectivity index (χ0n) is 13.5. The predicted octanol–water partition coefficient (Wildman–Crippen LogP) is 1.57. The van der Waals surface area contributed by atoms with Crippen molar-refractivity contribution in [2.24, 2.45) is 0 Å². The molecule has 3 rings (SSSR count). The Kier molecular flexibility index (Phi) is 4.92. The van der Waals surface area contributed by atoms with Crippen molar-refractivity contribution in [2.75, 3.05) is 37.8 Å². The van der Waals surface area contributed by atoms with E-state index in [0.29, 0.717) is 31.3 Å². The van der Waals surface area contributed by atoms with Crippen molar-refractivity contribution in [3.05, 3.63) is 48.2 Å². The Labute approximate surface area is 139 Å². The van der Waals surface area contributed by atoms with E-state index in [1.165, 1.54) is 12.1 Å². The monoisotopic (exact) mass is 333 g/mol. The van der Waals surface area contributed by atoms with E-state index >= 15 is 0 Å². The van der Waals surface area contributed by atoms with Crippen molar-refractivity contribution >= 4 is 5.82 Å². The van der Waals surface area contributed by atoms with Crippen molar-refractivity contribution in [3.8, 4) is 5.75 Å². The minimum Gasteiger partial charge on any atom is -0.490 e. The van der Waals surface area contributed by atoms with Crippen LogP contribution < -0.4 is 9.64 Å². The molecule has 7 heteroatoms. The molecule has 0 radical (unpaired) electrons. The predicted molar refractivity (Wildman–Crippen MR) is 86.6 cm³/mol. The number of aromatic nitrogens is 2. The molecule has 1 aliphatic rings. The summed E-state index contributed by atoms with van der Waals surface area (Å²) in [6.07, 6.45) is 1.69. The molecular weight excluding hydrogens is 313 g/mol. The molecule has 1 atom stereocenters. The van der Waals surface area contributed by atoms with Crippen molar-refractivity contribution in [1.82, 2.24) is 9.97 Å². The van der Waals surface area contributed by atoms with E-state index < -0.39 is 5.60 Å². The van der Waals surface area contributed by atoms with Crippen LogP contribution in [0.15, 0.2) is 36.5 Å².